The second-order valence-corrected chi connectivity index (χ2v) is 8.77. The fourth-order valence-electron chi connectivity index (χ4n) is 4.03. The number of halogens is 2. The Kier molecular flexibility index (Phi) is 5.78. The monoisotopic (exact) mass is 482 g/mol. The standard InChI is InChI=1S/C23H20Cl2N6O2/c24-17-10-18(29-20(17)25)21(32)30-19(16-9-15(16)13-5-2-1-3-6-13)22(33)27-11-14-12-31-8-4-7-26-23(31)28-14/h1-8,10,12,15-16,19,29H,9,11H2,(H,27,33)(H,30,32)/t15-,16+,19-/m0/s1. The molecule has 4 aromatic rings. The Labute approximate surface area is 199 Å². The smallest absolute Gasteiger partial charge is 0.268 e. The molecule has 3 aromatic heterocycles. The van der Waals surface area contributed by atoms with Crippen LogP contribution in [0.25, 0.3) is 5.78 Å². The van der Waals surface area contributed by atoms with Gasteiger partial charge in [0, 0.05) is 18.6 Å². The molecule has 10 heteroatoms. The second-order valence-electron chi connectivity index (χ2n) is 7.99. The first-order valence-electron chi connectivity index (χ1n) is 10.5. The minimum Gasteiger partial charge on any atom is -0.349 e. The van der Waals surface area contributed by atoms with Crippen LogP contribution in [0.2, 0.25) is 10.2 Å². The highest BCUT2D eigenvalue weighted by Gasteiger charge is 2.47. The van der Waals surface area contributed by atoms with Crippen LogP contribution in [-0.2, 0) is 11.3 Å². The lowest BCUT2D eigenvalue weighted by molar-refractivity contribution is -0.123. The number of hydrogen-bond donors (Lipinski definition) is 3. The fourth-order valence-corrected chi connectivity index (χ4v) is 4.34. The van der Waals surface area contributed by atoms with E-state index in [2.05, 4.69) is 25.6 Å². The van der Waals surface area contributed by atoms with Crippen LogP contribution in [0.15, 0.2) is 61.1 Å². The van der Waals surface area contributed by atoms with Gasteiger partial charge in [-0.2, -0.15) is 0 Å². The molecule has 5 rings (SSSR count). The largest absolute Gasteiger partial charge is 0.349 e. The minimum absolute atomic E-state index is 0.0278. The molecular formula is C23H20Cl2N6O2. The molecule has 0 saturated heterocycles. The Morgan fingerprint density at radius 2 is 2.03 bits per heavy atom. The average Bonchev–Trinajstić information content (AvgIpc) is 3.39. The van der Waals surface area contributed by atoms with Crippen molar-refractivity contribution in [2.45, 2.75) is 24.9 Å². The fraction of sp³-hybridized carbons (Fsp3) is 0.217. The Hall–Kier alpha value is -3.36. The number of amides is 2. The summed E-state index contributed by atoms with van der Waals surface area (Å²) >= 11 is 11.9. The first kappa shape index (κ1) is 21.5. The number of aromatic amines is 1. The molecule has 2 amide bonds. The lowest BCUT2D eigenvalue weighted by Crippen LogP contribution is -2.48. The molecule has 0 aliphatic heterocycles. The molecule has 3 N–H and O–H groups in total. The summed E-state index contributed by atoms with van der Waals surface area (Å²) in [5.41, 5.74) is 2.02. The molecule has 3 atom stereocenters. The summed E-state index contributed by atoms with van der Waals surface area (Å²) in [5.74, 6) is -0.00368. The van der Waals surface area contributed by atoms with E-state index in [9.17, 15) is 9.59 Å². The Balaban J connectivity index is 1.32. The molecule has 1 aliphatic rings. The van der Waals surface area contributed by atoms with Crippen LogP contribution >= 0.6 is 23.2 Å². The van der Waals surface area contributed by atoms with E-state index in [1.165, 1.54) is 6.07 Å². The van der Waals surface area contributed by atoms with E-state index in [0.717, 1.165) is 12.0 Å². The van der Waals surface area contributed by atoms with E-state index in [1.807, 2.05) is 42.7 Å². The van der Waals surface area contributed by atoms with Crippen LogP contribution in [0.4, 0.5) is 0 Å². The summed E-state index contributed by atoms with van der Waals surface area (Å²) in [6.07, 6.45) is 6.10. The van der Waals surface area contributed by atoms with E-state index in [1.54, 1.807) is 16.7 Å². The molecule has 3 heterocycles. The predicted molar refractivity (Wildman–Crippen MR) is 124 cm³/mol. The number of rotatable bonds is 7. The third kappa shape index (κ3) is 4.58. The van der Waals surface area contributed by atoms with Gasteiger partial charge in [0.15, 0.2) is 0 Å². The van der Waals surface area contributed by atoms with Gasteiger partial charge in [-0.05, 0) is 36.0 Å². The Morgan fingerprint density at radius 1 is 1.21 bits per heavy atom. The number of aromatic nitrogens is 4. The molecule has 1 aliphatic carbocycles. The first-order valence-corrected chi connectivity index (χ1v) is 11.2. The highest BCUT2D eigenvalue weighted by molar-refractivity contribution is 6.41. The maximum Gasteiger partial charge on any atom is 0.268 e. The van der Waals surface area contributed by atoms with E-state index in [0.29, 0.717) is 11.5 Å². The van der Waals surface area contributed by atoms with Crippen molar-refractivity contribution in [1.82, 2.24) is 30.0 Å². The number of hydrogen-bond acceptors (Lipinski definition) is 4. The van der Waals surface area contributed by atoms with Crippen molar-refractivity contribution in [1.29, 1.82) is 0 Å². The van der Waals surface area contributed by atoms with Gasteiger partial charge in [0.05, 0.1) is 17.3 Å². The molecule has 0 spiro atoms. The van der Waals surface area contributed by atoms with Crippen LogP contribution in [0.1, 0.15) is 34.1 Å². The van der Waals surface area contributed by atoms with Crippen molar-refractivity contribution in [3.63, 3.8) is 0 Å². The maximum atomic E-state index is 13.2. The quantitative estimate of drug-likeness (QED) is 0.374. The van der Waals surface area contributed by atoms with Crippen molar-refractivity contribution < 1.29 is 9.59 Å². The van der Waals surface area contributed by atoms with Crippen molar-refractivity contribution >= 4 is 40.8 Å². The normalized spacial score (nSPS) is 18.1. The van der Waals surface area contributed by atoms with Gasteiger partial charge >= 0.3 is 0 Å². The van der Waals surface area contributed by atoms with Gasteiger partial charge in [-0.15, -0.1) is 0 Å². The number of nitrogens with zero attached hydrogens (tertiary/aromatic N) is 3. The summed E-state index contributed by atoms with van der Waals surface area (Å²) < 4.78 is 1.78. The van der Waals surface area contributed by atoms with Gasteiger partial charge in [-0.1, -0.05) is 53.5 Å². The zero-order valence-electron chi connectivity index (χ0n) is 17.3. The molecule has 1 saturated carbocycles. The summed E-state index contributed by atoms with van der Waals surface area (Å²) in [7, 11) is 0. The van der Waals surface area contributed by atoms with Gasteiger partial charge in [0.25, 0.3) is 5.91 Å². The lowest BCUT2D eigenvalue weighted by Gasteiger charge is -2.18. The number of nitrogens with one attached hydrogen (secondary N) is 3. The average molecular weight is 483 g/mol. The number of H-pyrrole nitrogens is 1. The highest BCUT2D eigenvalue weighted by atomic mass is 35.5. The lowest BCUT2D eigenvalue weighted by atomic mass is 10.0. The number of carbonyl (C=O) groups is 2. The van der Waals surface area contributed by atoms with Gasteiger partial charge in [0.1, 0.15) is 16.9 Å². The summed E-state index contributed by atoms with van der Waals surface area (Å²) in [4.78, 5) is 37.3. The number of carbonyl (C=O) groups excluding carboxylic acids is 2. The molecule has 0 bridgehead atoms. The van der Waals surface area contributed by atoms with Crippen LogP contribution in [-0.4, -0.2) is 37.2 Å². The molecule has 8 nitrogen and oxygen atoms in total. The van der Waals surface area contributed by atoms with E-state index in [-0.39, 0.29) is 40.2 Å². The van der Waals surface area contributed by atoms with Crippen molar-refractivity contribution in [2.75, 3.05) is 0 Å². The van der Waals surface area contributed by atoms with E-state index < -0.39 is 11.9 Å². The molecule has 0 unspecified atom stereocenters. The third-order valence-electron chi connectivity index (χ3n) is 5.76. The molecule has 33 heavy (non-hydrogen) atoms. The molecule has 1 fully saturated rings. The Morgan fingerprint density at radius 3 is 2.76 bits per heavy atom. The summed E-state index contributed by atoms with van der Waals surface area (Å²) in [5, 5.41) is 6.19. The van der Waals surface area contributed by atoms with E-state index >= 15 is 0 Å². The zero-order valence-corrected chi connectivity index (χ0v) is 18.8. The van der Waals surface area contributed by atoms with Crippen molar-refractivity contribution in [3.05, 3.63) is 88.2 Å². The first-order chi connectivity index (χ1) is 16.0. The molecule has 0 radical (unpaired) electrons. The number of imidazole rings is 1. The SMILES string of the molecule is O=C(N[C@H](C(=O)NCc1cn2cccnc2n1)[C@@H]1C[C@H]1c1ccccc1)c1cc(Cl)c(Cl)[nH]1. The van der Waals surface area contributed by atoms with Crippen LogP contribution in [0.3, 0.4) is 0 Å². The van der Waals surface area contributed by atoms with Crippen LogP contribution < -0.4 is 10.6 Å². The van der Waals surface area contributed by atoms with Crippen molar-refractivity contribution in [3.8, 4) is 0 Å². The second kappa shape index (κ2) is 8.88. The third-order valence-corrected chi connectivity index (χ3v) is 6.46. The van der Waals surface area contributed by atoms with Gasteiger partial charge in [-0.3, -0.25) is 14.0 Å². The van der Waals surface area contributed by atoms with Gasteiger partial charge < -0.3 is 15.6 Å². The maximum absolute atomic E-state index is 13.2. The number of benzene rings is 1. The minimum atomic E-state index is -0.723. The molecule has 168 valence electrons. The Bertz CT molecular complexity index is 1270. The zero-order chi connectivity index (χ0) is 22.9. The summed E-state index contributed by atoms with van der Waals surface area (Å²) in [6, 6.07) is 12.5. The molecule has 1 aromatic carbocycles. The van der Waals surface area contributed by atoms with Gasteiger partial charge in [-0.25, -0.2) is 9.97 Å². The number of fused-ring (bicyclic) bond motifs is 1. The van der Waals surface area contributed by atoms with Gasteiger partial charge in [0.2, 0.25) is 11.7 Å². The highest BCUT2D eigenvalue weighted by Crippen LogP contribution is 2.49. The van der Waals surface area contributed by atoms with Crippen molar-refractivity contribution in [2.24, 2.45) is 5.92 Å². The van der Waals surface area contributed by atoms with E-state index in [4.69, 9.17) is 23.2 Å². The van der Waals surface area contributed by atoms with Crippen LogP contribution in [0, 0.1) is 5.92 Å². The summed E-state index contributed by atoms with van der Waals surface area (Å²) in [6.45, 7) is 0.220. The van der Waals surface area contributed by atoms with Crippen LogP contribution in [0.5, 0.6) is 0 Å². The molecular weight excluding hydrogens is 463 g/mol. The predicted octanol–water partition coefficient (Wildman–Crippen LogP) is 3.58. The topological polar surface area (TPSA) is 104 Å².